The van der Waals surface area contributed by atoms with Crippen molar-refractivity contribution in [3.05, 3.63) is 341 Å². The Kier molecular flexibility index (Phi) is 25.4. The number of para-hydroxylation sites is 1. The van der Waals surface area contributed by atoms with Crippen molar-refractivity contribution in [3.63, 3.8) is 0 Å². The van der Waals surface area contributed by atoms with Gasteiger partial charge in [0.15, 0.2) is 0 Å². The first-order valence-electron chi connectivity index (χ1n) is 24.0. The van der Waals surface area contributed by atoms with E-state index in [-0.39, 0.29) is 37.9 Å². The molecule has 0 saturated carbocycles. The summed E-state index contributed by atoms with van der Waals surface area (Å²) in [5.74, 6) is 0.239. The van der Waals surface area contributed by atoms with Crippen molar-refractivity contribution in [2.24, 2.45) is 0 Å². The zero-order chi connectivity index (χ0) is 51.6. The van der Waals surface area contributed by atoms with Gasteiger partial charge in [0.2, 0.25) is 0 Å². The van der Waals surface area contributed by atoms with E-state index < -0.39 is 23.1 Å². The monoisotopic (exact) mass is 1240 g/mol. The zero-order valence-electron chi connectivity index (χ0n) is 41.7. The van der Waals surface area contributed by atoms with Crippen molar-refractivity contribution in [2.45, 2.75) is 0 Å². The fourth-order valence-electron chi connectivity index (χ4n) is 8.43. The average Bonchev–Trinajstić information content (AvgIpc) is 3.49. The van der Waals surface area contributed by atoms with E-state index in [1.54, 1.807) is 24.4 Å². The molecule has 1 aromatic heterocycles. The normalized spacial score (nSPS) is 10.1. The van der Waals surface area contributed by atoms with Crippen LogP contribution in [0.4, 0.5) is 0 Å². The molecule has 0 unspecified atom stereocenters. The maximum Gasteiger partial charge on any atom is 1.00 e. The van der Waals surface area contributed by atoms with Crippen molar-refractivity contribution < 1.29 is 42.0 Å². The number of pyridine rings is 1. The summed E-state index contributed by atoms with van der Waals surface area (Å²) in [5.41, 5.74) is 0.662. The third-order valence-corrected chi connectivity index (χ3v) is 20.8. The van der Waals surface area contributed by atoms with Crippen LogP contribution in [0.25, 0.3) is 10.9 Å². The predicted molar refractivity (Wildman–Crippen MR) is 321 cm³/mol. The standard InChI is InChI=1S/C22H19P.2C18H15P.C9H7NO.CO.ClH.Os/c1-3-19(2)23(20-13-7-4-8-14-20,21-15-9-5-10-16-21)22-17-11-6-12-18-22;2*1-4-10-16(11-5-1)19(17-12-6-2-7-13-17)18-14-8-3-9-15-18;11-8-5-1-3-7-4-2-6-10-9(7)8;1-2;;/h2-18H,1H2;2*1-15H;1-6,11H;;1H;/q;;;;;;+1/p-1. The first-order chi connectivity index (χ1) is 36.6. The largest absolute Gasteiger partial charge is 1.00 e. The number of aromatic nitrogens is 1. The van der Waals surface area contributed by atoms with Gasteiger partial charge >= 0.3 is 31.1 Å². The molecule has 0 amide bonds. The number of nitrogens with zero attached hydrogens (tertiary/aromatic N) is 1. The smallest absolute Gasteiger partial charge is 1.00 e. The summed E-state index contributed by atoms with van der Waals surface area (Å²) < 4.78 is 7.50. The minimum atomic E-state index is -2.07. The summed E-state index contributed by atoms with van der Waals surface area (Å²) >= 11 is 0. The summed E-state index contributed by atoms with van der Waals surface area (Å²) in [6.45, 7) is 15.1. The van der Waals surface area contributed by atoms with E-state index in [1.165, 1.54) is 47.7 Å². The van der Waals surface area contributed by atoms with E-state index in [0.29, 0.717) is 5.52 Å². The topological polar surface area (TPSA) is 53.0 Å². The number of aromatic hydroxyl groups is 1. The van der Waals surface area contributed by atoms with E-state index in [0.717, 1.165) is 10.7 Å². The number of phenols is 1. The Labute approximate surface area is 471 Å². The van der Waals surface area contributed by atoms with Crippen LogP contribution in [0.1, 0.15) is 0 Å². The third-order valence-electron chi connectivity index (χ3n) is 11.7. The Morgan fingerprint density at radius 2 is 0.658 bits per heavy atom. The van der Waals surface area contributed by atoms with Gasteiger partial charge in [0, 0.05) is 11.6 Å². The van der Waals surface area contributed by atoms with Crippen LogP contribution < -0.4 is 60.1 Å². The van der Waals surface area contributed by atoms with Crippen molar-refractivity contribution in [1.29, 1.82) is 0 Å². The Morgan fingerprint density at radius 3 is 0.908 bits per heavy atom. The second-order valence-corrected chi connectivity index (χ2v) is 24.2. The number of benzene rings is 10. The van der Waals surface area contributed by atoms with Crippen LogP contribution in [0.3, 0.4) is 0 Å². The Balaban J connectivity index is 0.000000188. The first kappa shape index (κ1) is 59.7. The summed E-state index contributed by atoms with van der Waals surface area (Å²) in [5, 5.41) is 23.2. The molecule has 0 fully saturated rings. The fraction of sp³-hybridized carbons (Fsp3) is 0. The van der Waals surface area contributed by atoms with Gasteiger partial charge in [0.1, 0.15) is 34.4 Å². The molecule has 0 aliphatic carbocycles. The molecule has 3 nitrogen and oxygen atoms in total. The van der Waals surface area contributed by atoms with Gasteiger partial charge < -0.3 is 17.5 Å². The quantitative estimate of drug-likeness (QED) is 0.0607. The molecular formula is C68H56ClNO2OsP3. The molecule has 76 heavy (non-hydrogen) atoms. The van der Waals surface area contributed by atoms with Gasteiger partial charge in [-0.1, -0.05) is 260 Å². The Hall–Kier alpha value is -7.15. The van der Waals surface area contributed by atoms with Crippen LogP contribution in [-0.4, -0.2) is 10.1 Å². The fourth-order valence-corrected chi connectivity index (χ4v) is 17.0. The molecule has 0 bridgehead atoms. The molecule has 375 valence electrons. The van der Waals surface area contributed by atoms with Gasteiger partial charge in [-0.3, -0.25) is 4.98 Å². The Bertz CT molecular complexity index is 2980. The summed E-state index contributed by atoms with van der Waals surface area (Å²) in [4.78, 5) is 4.03. The number of halogens is 1. The summed E-state index contributed by atoms with van der Waals surface area (Å²) in [6.07, 6.45) is 3.48. The molecule has 1 heterocycles. The minimum absolute atomic E-state index is 0. The summed E-state index contributed by atoms with van der Waals surface area (Å²) in [6, 6.07) is 105. The maximum absolute atomic E-state index is 9.31. The molecule has 0 aliphatic heterocycles. The summed E-state index contributed by atoms with van der Waals surface area (Å²) in [7, 11) is -2.96. The molecule has 1 N–H and O–H groups in total. The molecule has 0 atom stereocenters. The number of hydrogen-bond acceptors (Lipinski definition) is 2. The predicted octanol–water partition coefficient (Wildman–Crippen LogP) is 10.3. The molecule has 10 aromatic carbocycles. The van der Waals surface area contributed by atoms with Crippen LogP contribution in [-0.2, 0) is 24.4 Å². The van der Waals surface area contributed by atoms with Crippen molar-refractivity contribution in [1.82, 2.24) is 4.98 Å². The van der Waals surface area contributed by atoms with Crippen molar-refractivity contribution >= 4 is 81.7 Å². The number of hydrogen-bond donors (Lipinski definition) is 1. The number of fused-ring (bicyclic) bond motifs is 1. The van der Waals surface area contributed by atoms with E-state index >= 15 is 0 Å². The molecule has 0 aliphatic rings. The van der Waals surface area contributed by atoms with E-state index in [9.17, 15) is 5.11 Å². The van der Waals surface area contributed by atoms with E-state index in [4.69, 9.17) is 11.2 Å². The number of allylic oxidation sites excluding steroid dienone is 2. The van der Waals surface area contributed by atoms with Gasteiger partial charge in [-0.2, -0.15) is 12.7 Å². The number of phenolic OH excluding ortho intramolecular Hbond substituents is 1. The van der Waals surface area contributed by atoms with Crippen LogP contribution in [0.2, 0.25) is 0 Å². The van der Waals surface area contributed by atoms with Crippen LogP contribution >= 0.6 is 23.1 Å². The number of rotatable bonds is 11. The molecule has 11 aromatic rings. The zero-order valence-corrected chi connectivity index (χ0v) is 47.7. The van der Waals surface area contributed by atoms with Gasteiger partial charge in [-0.05, 0) is 96.2 Å². The van der Waals surface area contributed by atoms with E-state index in [1.807, 2.05) is 36.4 Å². The third kappa shape index (κ3) is 15.7. The Morgan fingerprint density at radius 1 is 0.408 bits per heavy atom. The van der Waals surface area contributed by atoms with E-state index in [2.05, 4.69) is 273 Å². The average molecular weight is 1240 g/mol. The molecule has 0 saturated heterocycles. The molecular weight excluding hydrogens is 1180 g/mol. The SMILES string of the molecule is Oc1cccc2cccnc12.[C-]#[O+].[CH-]=C(C=C)[P+](c1ccccc1)(c1ccccc1)c1ccccc1.[Cl-].[Os+].c1ccc(P(c2ccccc2)c2ccccc2)cc1.c1ccc(P(c2ccccc2)c2ccccc2)cc1. The van der Waals surface area contributed by atoms with Crippen LogP contribution in [0.15, 0.2) is 327 Å². The maximum atomic E-state index is 9.31. The van der Waals surface area contributed by atoms with Crippen molar-refractivity contribution in [2.75, 3.05) is 0 Å². The van der Waals surface area contributed by atoms with Crippen LogP contribution in [0.5, 0.6) is 5.75 Å². The second-order valence-electron chi connectivity index (χ2n) is 16.3. The van der Waals surface area contributed by atoms with Crippen LogP contribution in [0, 0.1) is 13.2 Å². The molecule has 1 radical (unpaired) electrons. The van der Waals surface area contributed by atoms with Gasteiger partial charge in [-0.15, -0.1) is 0 Å². The molecule has 8 heteroatoms. The molecule has 11 rings (SSSR count). The van der Waals surface area contributed by atoms with Gasteiger partial charge in [0.25, 0.3) is 0 Å². The minimum Gasteiger partial charge on any atom is -1.00 e. The second kappa shape index (κ2) is 32.3. The van der Waals surface area contributed by atoms with Gasteiger partial charge in [-0.25, -0.2) is 6.58 Å². The van der Waals surface area contributed by atoms with Gasteiger partial charge in [0.05, 0.1) is 0 Å². The molecule has 0 spiro atoms. The van der Waals surface area contributed by atoms with Crippen molar-refractivity contribution in [3.8, 4) is 5.75 Å². The first-order valence-corrected chi connectivity index (χ1v) is 28.5.